The monoisotopic (exact) mass is 445 g/mol. The minimum absolute atomic E-state index is 0.0164. The van der Waals surface area contributed by atoms with Crippen molar-refractivity contribution in [2.24, 2.45) is 0 Å². The smallest absolute Gasteiger partial charge is 0.410 e. The van der Waals surface area contributed by atoms with Crippen LogP contribution in [0.5, 0.6) is 0 Å². The third-order valence-electron chi connectivity index (χ3n) is 4.26. The molecule has 1 aliphatic rings. The van der Waals surface area contributed by atoms with Gasteiger partial charge in [-0.15, -0.1) is 0 Å². The van der Waals surface area contributed by atoms with Crippen LogP contribution in [0, 0.1) is 0 Å². The van der Waals surface area contributed by atoms with Crippen molar-refractivity contribution in [1.82, 2.24) is 14.9 Å². The number of amides is 2. The van der Waals surface area contributed by atoms with Crippen molar-refractivity contribution in [3.63, 3.8) is 0 Å². The van der Waals surface area contributed by atoms with Crippen LogP contribution in [0.3, 0.4) is 0 Å². The number of carbonyl (C=O) groups excluding carboxylic acids is 2. The van der Waals surface area contributed by atoms with E-state index in [1.165, 1.54) is 12.1 Å². The van der Waals surface area contributed by atoms with Crippen LogP contribution in [-0.2, 0) is 19.6 Å². The highest BCUT2D eigenvalue weighted by atomic mass is 35.5. The molecule has 0 radical (unpaired) electrons. The normalized spacial score (nSPS) is 15.8. The van der Waals surface area contributed by atoms with E-state index in [1.54, 1.807) is 17.0 Å². The van der Waals surface area contributed by atoms with Crippen molar-refractivity contribution >= 4 is 33.6 Å². The van der Waals surface area contributed by atoms with E-state index in [0.717, 1.165) is 0 Å². The molecule has 2 amide bonds. The minimum Gasteiger partial charge on any atom is -0.444 e. The molecule has 162 valence electrons. The summed E-state index contributed by atoms with van der Waals surface area (Å²) in [6.45, 7) is 6.44. The van der Waals surface area contributed by atoms with Gasteiger partial charge in [0.1, 0.15) is 5.60 Å². The molecule has 0 atom stereocenters. The third kappa shape index (κ3) is 7.83. The van der Waals surface area contributed by atoms with Crippen molar-refractivity contribution in [2.45, 2.75) is 56.6 Å². The lowest BCUT2D eigenvalue weighted by molar-refractivity contribution is -0.121. The van der Waals surface area contributed by atoms with Gasteiger partial charge in [-0.2, -0.15) is 0 Å². The second kappa shape index (κ2) is 9.77. The summed E-state index contributed by atoms with van der Waals surface area (Å²) in [5, 5.41) is 3.21. The summed E-state index contributed by atoms with van der Waals surface area (Å²) in [5.41, 5.74) is -0.541. The summed E-state index contributed by atoms with van der Waals surface area (Å²) in [7, 11) is -3.72. The Kier molecular flexibility index (Phi) is 7.90. The van der Waals surface area contributed by atoms with Gasteiger partial charge >= 0.3 is 6.09 Å². The summed E-state index contributed by atoms with van der Waals surface area (Å²) in [6, 6.07) is 5.87. The van der Waals surface area contributed by atoms with Gasteiger partial charge in [-0.25, -0.2) is 17.9 Å². The van der Waals surface area contributed by atoms with Gasteiger partial charge in [0.05, 0.1) is 4.90 Å². The molecule has 1 saturated heterocycles. The number of carbonyl (C=O) groups is 2. The lowest BCUT2D eigenvalue weighted by Gasteiger charge is -2.33. The van der Waals surface area contributed by atoms with Crippen LogP contribution in [-0.4, -0.2) is 56.6 Å². The molecule has 10 heteroatoms. The fourth-order valence-electron chi connectivity index (χ4n) is 2.85. The van der Waals surface area contributed by atoms with Gasteiger partial charge in [-0.1, -0.05) is 17.7 Å². The van der Waals surface area contributed by atoms with Crippen LogP contribution in [0.25, 0.3) is 0 Å². The second-order valence-electron chi connectivity index (χ2n) is 7.91. The van der Waals surface area contributed by atoms with Crippen LogP contribution in [0.2, 0.25) is 5.02 Å². The van der Waals surface area contributed by atoms with Crippen LogP contribution in [0.15, 0.2) is 29.2 Å². The standard InChI is InChI=1S/C19H28ClN3O5S/c1-19(2,3)28-18(25)23-11-8-15(9-12-23)22-17(24)7-10-21-29(26,27)16-6-4-5-14(20)13-16/h4-6,13,15,21H,7-12H2,1-3H3,(H,22,24). The van der Waals surface area contributed by atoms with E-state index in [2.05, 4.69) is 10.0 Å². The molecule has 1 aromatic rings. The number of benzene rings is 1. The number of nitrogens with zero attached hydrogens (tertiary/aromatic N) is 1. The Morgan fingerprint density at radius 3 is 2.48 bits per heavy atom. The molecule has 1 heterocycles. The predicted octanol–water partition coefficient (Wildman–Crippen LogP) is 2.52. The van der Waals surface area contributed by atoms with Gasteiger partial charge in [0, 0.05) is 37.1 Å². The Balaban J connectivity index is 1.72. The lowest BCUT2D eigenvalue weighted by atomic mass is 10.1. The molecule has 8 nitrogen and oxygen atoms in total. The molecule has 1 aromatic carbocycles. The van der Waals surface area contributed by atoms with E-state index in [1.807, 2.05) is 20.8 Å². The molecule has 1 aliphatic heterocycles. The molecule has 0 aliphatic carbocycles. The summed E-state index contributed by atoms with van der Waals surface area (Å²) in [6.07, 6.45) is 0.919. The number of piperidine rings is 1. The Hall–Kier alpha value is -1.84. The van der Waals surface area contributed by atoms with Crippen LogP contribution < -0.4 is 10.0 Å². The molecule has 2 N–H and O–H groups in total. The highest BCUT2D eigenvalue weighted by Crippen LogP contribution is 2.16. The Labute approximate surface area is 177 Å². The molecule has 29 heavy (non-hydrogen) atoms. The minimum atomic E-state index is -3.72. The molecule has 2 rings (SSSR count). The second-order valence-corrected chi connectivity index (χ2v) is 10.1. The zero-order valence-corrected chi connectivity index (χ0v) is 18.5. The number of hydrogen-bond acceptors (Lipinski definition) is 5. The number of nitrogens with one attached hydrogen (secondary N) is 2. The van der Waals surface area contributed by atoms with E-state index in [9.17, 15) is 18.0 Å². The highest BCUT2D eigenvalue weighted by molar-refractivity contribution is 7.89. The van der Waals surface area contributed by atoms with E-state index in [4.69, 9.17) is 16.3 Å². The first-order valence-corrected chi connectivity index (χ1v) is 11.3. The van der Waals surface area contributed by atoms with Crippen molar-refractivity contribution in [1.29, 1.82) is 0 Å². The lowest BCUT2D eigenvalue weighted by Crippen LogP contribution is -2.48. The largest absolute Gasteiger partial charge is 0.444 e. The Morgan fingerprint density at radius 1 is 1.24 bits per heavy atom. The summed E-state index contributed by atoms with van der Waals surface area (Å²) >= 11 is 5.82. The number of likely N-dealkylation sites (tertiary alicyclic amines) is 1. The highest BCUT2D eigenvalue weighted by Gasteiger charge is 2.27. The predicted molar refractivity (Wildman–Crippen MR) is 110 cm³/mol. The molecule has 0 unspecified atom stereocenters. The molecule has 0 bridgehead atoms. The maximum absolute atomic E-state index is 12.2. The Bertz CT molecular complexity index is 830. The zero-order valence-electron chi connectivity index (χ0n) is 16.9. The van der Waals surface area contributed by atoms with E-state index in [-0.39, 0.29) is 35.9 Å². The first-order valence-electron chi connectivity index (χ1n) is 9.49. The van der Waals surface area contributed by atoms with Crippen LogP contribution in [0.1, 0.15) is 40.0 Å². The number of hydrogen-bond donors (Lipinski definition) is 2. The first kappa shape index (κ1) is 23.4. The number of halogens is 1. The van der Waals surface area contributed by atoms with E-state index in [0.29, 0.717) is 31.0 Å². The van der Waals surface area contributed by atoms with Crippen molar-refractivity contribution in [2.75, 3.05) is 19.6 Å². The van der Waals surface area contributed by atoms with E-state index < -0.39 is 15.6 Å². The molecular weight excluding hydrogens is 418 g/mol. The average Bonchev–Trinajstić information content (AvgIpc) is 2.60. The zero-order chi connectivity index (χ0) is 21.7. The maximum Gasteiger partial charge on any atom is 0.410 e. The molecule has 0 saturated carbocycles. The van der Waals surface area contributed by atoms with Gasteiger partial charge in [0.15, 0.2) is 0 Å². The topological polar surface area (TPSA) is 105 Å². The maximum atomic E-state index is 12.2. The van der Waals surface area contributed by atoms with Gasteiger partial charge in [-0.3, -0.25) is 4.79 Å². The fraction of sp³-hybridized carbons (Fsp3) is 0.579. The molecule has 0 aromatic heterocycles. The molecule has 1 fully saturated rings. The Morgan fingerprint density at radius 2 is 1.90 bits per heavy atom. The van der Waals surface area contributed by atoms with Gasteiger partial charge in [-0.05, 0) is 51.8 Å². The number of rotatable bonds is 6. The van der Waals surface area contributed by atoms with Crippen LogP contribution >= 0.6 is 11.6 Å². The van der Waals surface area contributed by atoms with Gasteiger partial charge in [0.25, 0.3) is 0 Å². The summed E-state index contributed by atoms with van der Waals surface area (Å²) < 4.78 is 32.2. The summed E-state index contributed by atoms with van der Waals surface area (Å²) in [5.74, 6) is -0.241. The quantitative estimate of drug-likeness (QED) is 0.700. The first-order chi connectivity index (χ1) is 13.5. The van der Waals surface area contributed by atoms with Crippen molar-refractivity contribution in [3.8, 4) is 0 Å². The number of sulfonamides is 1. The fourth-order valence-corrected chi connectivity index (χ4v) is 4.18. The number of ether oxygens (including phenoxy) is 1. The SMILES string of the molecule is CC(C)(C)OC(=O)N1CCC(NC(=O)CCNS(=O)(=O)c2cccc(Cl)c2)CC1. The van der Waals surface area contributed by atoms with Gasteiger partial charge in [0.2, 0.25) is 15.9 Å². The molecule has 0 spiro atoms. The van der Waals surface area contributed by atoms with Crippen LogP contribution in [0.4, 0.5) is 4.79 Å². The molecular formula is C19H28ClN3O5S. The third-order valence-corrected chi connectivity index (χ3v) is 5.96. The van der Waals surface area contributed by atoms with E-state index >= 15 is 0 Å². The van der Waals surface area contributed by atoms with Crippen molar-refractivity contribution in [3.05, 3.63) is 29.3 Å². The summed E-state index contributed by atoms with van der Waals surface area (Å²) in [4.78, 5) is 25.9. The van der Waals surface area contributed by atoms with Gasteiger partial charge < -0.3 is 15.0 Å². The van der Waals surface area contributed by atoms with Crippen molar-refractivity contribution < 1.29 is 22.7 Å². The average molecular weight is 446 g/mol.